The van der Waals surface area contributed by atoms with Gasteiger partial charge in [-0.05, 0) is 37.3 Å². The molecule has 1 atom stereocenters. The maximum Gasteiger partial charge on any atom is 0.325 e. The number of imide groups is 1. The quantitative estimate of drug-likeness (QED) is 0.671. The van der Waals surface area contributed by atoms with Crippen molar-refractivity contribution in [1.82, 2.24) is 10.2 Å². The van der Waals surface area contributed by atoms with Crippen LogP contribution in [0.4, 0.5) is 4.79 Å². The van der Waals surface area contributed by atoms with E-state index in [-0.39, 0.29) is 24.3 Å². The third-order valence-electron chi connectivity index (χ3n) is 4.28. The summed E-state index contributed by atoms with van der Waals surface area (Å²) in [7, 11) is 1.52. The predicted octanol–water partition coefficient (Wildman–Crippen LogP) is 1.83. The summed E-state index contributed by atoms with van der Waals surface area (Å²) in [6, 6.07) is 4.65. The van der Waals surface area contributed by atoms with Crippen LogP contribution in [-0.4, -0.2) is 46.8 Å². The second-order valence-electron chi connectivity index (χ2n) is 5.79. The van der Waals surface area contributed by atoms with Crippen molar-refractivity contribution in [2.45, 2.75) is 25.4 Å². The number of carbonyl (C=O) groups is 3. The summed E-state index contributed by atoms with van der Waals surface area (Å²) in [4.78, 5) is 37.7. The van der Waals surface area contributed by atoms with E-state index in [0.29, 0.717) is 29.1 Å². The van der Waals surface area contributed by atoms with E-state index in [9.17, 15) is 14.4 Å². The largest absolute Gasteiger partial charge is 0.496 e. The minimum Gasteiger partial charge on any atom is -0.496 e. The molecule has 6 nitrogen and oxygen atoms in total. The van der Waals surface area contributed by atoms with E-state index < -0.39 is 5.54 Å². The Morgan fingerprint density at radius 3 is 2.83 bits per heavy atom. The fourth-order valence-corrected chi connectivity index (χ4v) is 4.27. The number of Topliss-reactive ketones (excluding diaryl/α,β-unsaturated/α-hetero) is 1. The van der Waals surface area contributed by atoms with E-state index >= 15 is 0 Å². The van der Waals surface area contributed by atoms with Gasteiger partial charge in [0.05, 0.1) is 13.7 Å². The predicted molar refractivity (Wildman–Crippen MR) is 86.8 cm³/mol. The summed E-state index contributed by atoms with van der Waals surface area (Å²) in [6.07, 6.45) is 0.656. The van der Waals surface area contributed by atoms with Crippen molar-refractivity contribution in [1.29, 1.82) is 0 Å². The standard InChI is InChI=1S/C16H18N2O4S/c1-10(19)11-3-4-13(22-2)12(7-11)8-18-14(20)16(17-15(18)21)5-6-23-9-16/h3-4,7H,5-6,8-9H2,1-2H3,(H,17,21). The van der Waals surface area contributed by atoms with Gasteiger partial charge in [-0.15, -0.1) is 0 Å². The number of rotatable bonds is 4. The number of urea groups is 1. The second kappa shape index (κ2) is 5.88. The molecule has 0 radical (unpaired) electrons. The molecule has 2 fully saturated rings. The van der Waals surface area contributed by atoms with Gasteiger partial charge in [0.2, 0.25) is 0 Å². The average Bonchev–Trinajstić information content (AvgIpc) is 3.08. The van der Waals surface area contributed by atoms with Crippen LogP contribution in [0, 0.1) is 0 Å². The smallest absolute Gasteiger partial charge is 0.325 e. The number of hydrogen-bond acceptors (Lipinski definition) is 5. The molecule has 0 aliphatic carbocycles. The Bertz CT molecular complexity index is 683. The van der Waals surface area contributed by atoms with Crippen molar-refractivity contribution in [3.05, 3.63) is 29.3 Å². The Kier molecular flexibility index (Phi) is 4.06. The minimum absolute atomic E-state index is 0.0743. The molecular weight excluding hydrogens is 316 g/mol. The first-order valence-corrected chi connectivity index (χ1v) is 8.52. The Morgan fingerprint density at radius 1 is 1.43 bits per heavy atom. The molecular formula is C16H18N2O4S. The molecule has 1 aromatic carbocycles. The molecule has 7 heteroatoms. The fourth-order valence-electron chi connectivity index (χ4n) is 2.94. The highest BCUT2D eigenvalue weighted by molar-refractivity contribution is 7.99. The third-order valence-corrected chi connectivity index (χ3v) is 5.47. The molecule has 1 aromatic rings. The number of hydrogen-bond donors (Lipinski definition) is 1. The first-order chi connectivity index (χ1) is 11.0. The van der Waals surface area contributed by atoms with Gasteiger partial charge in [0.25, 0.3) is 5.91 Å². The number of thioether (sulfide) groups is 1. The monoisotopic (exact) mass is 334 g/mol. The maximum absolute atomic E-state index is 12.7. The first kappa shape index (κ1) is 15.9. The summed E-state index contributed by atoms with van der Waals surface area (Å²) in [6.45, 7) is 1.57. The number of nitrogens with zero attached hydrogens (tertiary/aromatic N) is 1. The van der Waals surface area contributed by atoms with Gasteiger partial charge in [-0.1, -0.05) is 0 Å². The topological polar surface area (TPSA) is 75.7 Å². The molecule has 1 unspecified atom stereocenters. The molecule has 122 valence electrons. The van der Waals surface area contributed by atoms with Crippen molar-refractivity contribution < 1.29 is 19.1 Å². The van der Waals surface area contributed by atoms with Crippen LogP contribution in [0.1, 0.15) is 29.3 Å². The van der Waals surface area contributed by atoms with Crippen molar-refractivity contribution in [2.24, 2.45) is 0 Å². The number of ketones is 1. The molecule has 23 heavy (non-hydrogen) atoms. The molecule has 2 saturated heterocycles. The Labute approximate surface area is 138 Å². The van der Waals surface area contributed by atoms with Crippen LogP contribution in [0.3, 0.4) is 0 Å². The highest BCUT2D eigenvalue weighted by Crippen LogP contribution is 2.34. The van der Waals surface area contributed by atoms with Crippen LogP contribution >= 0.6 is 11.8 Å². The summed E-state index contributed by atoms with van der Waals surface area (Å²) >= 11 is 1.67. The zero-order chi connectivity index (χ0) is 16.6. The van der Waals surface area contributed by atoms with Crippen molar-refractivity contribution >= 4 is 29.5 Å². The summed E-state index contributed by atoms with van der Waals surface area (Å²) in [5.74, 6) is 1.76. The summed E-state index contributed by atoms with van der Waals surface area (Å²) in [5, 5.41) is 2.83. The number of carbonyl (C=O) groups excluding carboxylic acids is 3. The van der Waals surface area contributed by atoms with Crippen LogP contribution in [0.5, 0.6) is 5.75 Å². The molecule has 2 heterocycles. The van der Waals surface area contributed by atoms with E-state index in [1.54, 1.807) is 30.0 Å². The van der Waals surface area contributed by atoms with Gasteiger partial charge in [-0.2, -0.15) is 11.8 Å². The molecule has 2 aliphatic heterocycles. The molecule has 1 spiro atoms. The Morgan fingerprint density at radius 2 is 2.22 bits per heavy atom. The number of benzene rings is 1. The van der Waals surface area contributed by atoms with Crippen LogP contribution < -0.4 is 10.1 Å². The van der Waals surface area contributed by atoms with Gasteiger partial charge < -0.3 is 10.1 Å². The number of nitrogens with one attached hydrogen (secondary N) is 1. The van der Waals surface area contributed by atoms with E-state index in [1.165, 1.54) is 18.9 Å². The van der Waals surface area contributed by atoms with Crippen LogP contribution in [-0.2, 0) is 11.3 Å². The minimum atomic E-state index is -0.757. The van der Waals surface area contributed by atoms with E-state index in [0.717, 1.165) is 5.75 Å². The highest BCUT2D eigenvalue weighted by atomic mass is 32.2. The molecule has 0 aromatic heterocycles. The van der Waals surface area contributed by atoms with E-state index in [2.05, 4.69) is 5.32 Å². The highest BCUT2D eigenvalue weighted by Gasteiger charge is 2.52. The molecule has 3 rings (SSSR count). The van der Waals surface area contributed by atoms with Gasteiger partial charge >= 0.3 is 6.03 Å². The average molecular weight is 334 g/mol. The molecule has 3 amide bonds. The fraction of sp³-hybridized carbons (Fsp3) is 0.438. The van der Waals surface area contributed by atoms with Gasteiger partial charge in [0.15, 0.2) is 5.78 Å². The molecule has 0 bridgehead atoms. The number of ether oxygens (including phenoxy) is 1. The van der Waals surface area contributed by atoms with Crippen LogP contribution in [0.2, 0.25) is 0 Å². The lowest BCUT2D eigenvalue weighted by atomic mass is 9.99. The van der Waals surface area contributed by atoms with Crippen LogP contribution in [0.25, 0.3) is 0 Å². The lowest BCUT2D eigenvalue weighted by molar-refractivity contribution is -0.130. The molecule has 1 N–H and O–H groups in total. The normalized spacial score (nSPS) is 23.5. The first-order valence-electron chi connectivity index (χ1n) is 7.36. The van der Waals surface area contributed by atoms with Crippen molar-refractivity contribution in [3.63, 3.8) is 0 Å². The van der Waals surface area contributed by atoms with E-state index in [1.807, 2.05) is 0 Å². The lowest BCUT2D eigenvalue weighted by Gasteiger charge is -2.20. The summed E-state index contributed by atoms with van der Waals surface area (Å²) < 4.78 is 5.29. The Hall–Kier alpha value is -2.02. The lowest BCUT2D eigenvalue weighted by Crippen LogP contribution is -2.46. The Balaban J connectivity index is 1.89. The van der Waals surface area contributed by atoms with Gasteiger partial charge in [0.1, 0.15) is 11.3 Å². The second-order valence-corrected chi connectivity index (χ2v) is 6.89. The zero-order valence-electron chi connectivity index (χ0n) is 13.0. The number of methoxy groups -OCH3 is 1. The van der Waals surface area contributed by atoms with E-state index in [4.69, 9.17) is 4.74 Å². The SMILES string of the molecule is COc1ccc(C(C)=O)cc1CN1C(=O)NC2(CCSC2)C1=O. The van der Waals surface area contributed by atoms with Gasteiger partial charge in [0, 0.05) is 16.9 Å². The maximum atomic E-state index is 12.7. The molecule has 2 aliphatic rings. The van der Waals surface area contributed by atoms with Gasteiger partial charge in [-0.3, -0.25) is 14.5 Å². The van der Waals surface area contributed by atoms with Crippen LogP contribution in [0.15, 0.2) is 18.2 Å². The zero-order valence-corrected chi connectivity index (χ0v) is 13.9. The van der Waals surface area contributed by atoms with Crippen molar-refractivity contribution in [2.75, 3.05) is 18.6 Å². The van der Waals surface area contributed by atoms with Gasteiger partial charge in [-0.25, -0.2) is 4.79 Å². The molecule has 0 saturated carbocycles. The number of amides is 3. The summed E-state index contributed by atoms with van der Waals surface area (Å²) in [5.41, 5.74) is 0.415. The third kappa shape index (κ3) is 2.69. The van der Waals surface area contributed by atoms with Crippen molar-refractivity contribution in [3.8, 4) is 5.75 Å².